The molecule has 0 unspecified atom stereocenters. The Morgan fingerprint density at radius 3 is 2.36 bits per heavy atom. The second kappa shape index (κ2) is 10.4. The molecular formula is C18H13Cl3Zr. The van der Waals surface area contributed by atoms with Gasteiger partial charge < -0.3 is 24.8 Å². The summed E-state index contributed by atoms with van der Waals surface area (Å²) in [7, 11) is 0. The topological polar surface area (TPSA) is 0 Å². The predicted molar refractivity (Wildman–Crippen MR) is 80.1 cm³/mol. The Labute approximate surface area is 168 Å². The molecule has 0 bridgehead atoms. The van der Waals surface area contributed by atoms with Crippen molar-refractivity contribution >= 4 is 11.6 Å². The van der Waals surface area contributed by atoms with E-state index in [1.807, 2.05) is 18.2 Å². The monoisotopic (exact) mass is 424 g/mol. The van der Waals surface area contributed by atoms with E-state index in [4.69, 9.17) is 11.6 Å². The van der Waals surface area contributed by atoms with Crippen LogP contribution in [0.25, 0.3) is 11.1 Å². The Bertz CT molecular complexity index is 653. The van der Waals surface area contributed by atoms with Crippen LogP contribution in [-0.2, 0) is 32.6 Å². The van der Waals surface area contributed by atoms with Crippen LogP contribution in [0.2, 0.25) is 5.02 Å². The Kier molecular flexibility index (Phi) is 10.3. The van der Waals surface area contributed by atoms with Crippen molar-refractivity contribution in [3.05, 3.63) is 82.9 Å². The van der Waals surface area contributed by atoms with Gasteiger partial charge in [-0.05, 0) is 6.42 Å². The largest absolute Gasteiger partial charge is 4.00 e. The summed E-state index contributed by atoms with van der Waals surface area (Å²) in [6.45, 7) is 0. The van der Waals surface area contributed by atoms with Gasteiger partial charge in [-0.15, -0.1) is 29.1 Å². The van der Waals surface area contributed by atoms with Crippen LogP contribution in [0.4, 0.5) is 0 Å². The molecule has 4 rings (SSSR count). The van der Waals surface area contributed by atoms with Gasteiger partial charge in [0.15, 0.2) is 0 Å². The maximum Gasteiger partial charge on any atom is 4.00 e. The Morgan fingerprint density at radius 2 is 1.73 bits per heavy atom. The number of allylic oxidation sites excluding steroid dienone is 4. The maximum atomic E-state index is 5.91. The van der Waals surface area contributed by atoms with Crippen molar-refractivity contribution in [2.24, 2.45) is 0 Å². The molecule has 0 spiro atoms. The molecule has 22 heavy (non-hydrogen) atoms. The Morgan fingerprint density at radius 1 is 0.955 bits per heavy atom. The average Bonchev–Trinajstić information content (AvgIpc) is 3.09. The average molecular weight is 427 g/mol. The summed E-state index contributed by atoms with van der Waals surface area (Å²) in [4.78, 5) is 0. The quantitative estimate of drug-likeness (QED) is 0.406. The van der Waals surface area contributed by atoms with Gasteiger partial charge in [0.05, 0.1) is 0 Å². The number of halogens is 3. The molecule has 4 heteroatoms. The molecule has 0 fully saturated rings. The van der Waals surface area contributed by atoms with Gasteiger partial charge in [-0.3, -0.25) is 6.08 Å². The van der Waals surface area contributed by atoms with Crippen LogP contribution in [-0.4, -0.2) is 0 Å². The minimum atomic E-state index is 0. The van der Waals surface area contributed by atoms with E-state index < -0.39 is 0 Å². The van der Waals surface area contributed by atoms with E-state index in [0.717, 1.165) is 12.8 Å². The summed E-state index contributed by atoms with van der Waals surface area (Å²) in [6.07, 6.45) is 11.0. The predicted octanol–water partition coefficient (Wildman–Crippen LogP) is -0.977. The Balaban J connectivity index is 0.000000482. The van der Waals surface area contributed by atoms with Crippen molar-refractivity contribution in [3.8, 4) is 11.1 Å². The zero-order valence-electron chi connectivity index (χ0n) is 11.7. The van der Waals surface area contributed by atoms with Gasteiger partial charge in [0.2, 0.25) is 0 Å². The van der Waals surface area contributed by atoms with Gasteiger partial charge in [0.25, 0.3) is 0 Å². The molecule has 2 aromatic carbocycles. The summed E-state index contributed by atoms with van der Waals surface area (Å²) in [5.41, 5.74) is 5.21. The number of rotatable bonds is 0. The molecule has 0 saturated heterocycles. The number of benzene rings is 2. The van der Waals surface area contributed by atoms with E-state index in [-0.39, 0.29) is 51.0 Å². The first kappa shape index (κ1) is 21.7. The van der Waals surface area contributed by atoms with Crippen molar-refractivity contribution < 1.29 is 51.0 Å². The molecule has 0 amide bonds. The molecule has 2 aliphatic carbocycles. The molecule has 0 radical (unpaired) electrons. The normalized spacial score (nSPS) is 11.9. The first-order chi connectivity index (χ1) is 9.34. The van der Waals surface area contributed by atoms with Crippen LogP contribution in [0.1, 0.15) is 17.5 Å². The van der Waals surface area contributed by atoms with E-state index in [9.17, 15) is 0 Å². The van der Waals surface area contributed by atoms with E-state index in [1.54, 1.807) is 0 Å². The molecule has 0 aliphatic heterocycles. The van der Waals surface area contributed by atoms with E-state index >= 15 is 0 Å². The first-order valence-electron chi connectivity index (χ1n) is 6.35. The van der Waals surface area contributed by atoms with Gasteiger partial charge in [-0.25, -0.2) is 12.2 Å². The third-order valence-corrected chi connectivity index (χ3v) is 3.47. The molecule has 0 heterocycles. The number of hydrogen-bond donors (Lipinski definition) is 0. The number of fused-ring (bicyclic) bond motifs is 3. The second-order valence-corrected chi connectivity index (χ2v) is 4.94. The van der Waals surface area contributed by atoms with E-state index in [0.29, 0.717) is 5.02 Å². The van der Waals surface area contributed by atoms with Gasteiger partial charge >= 0.3 is 26.2 Å². The van der Waals surface area contributed by atoms with Crippen LogP contribution in [0.15, 0.2) is 54.6 Å². The van der Waals surface area contributed by atoms with Crippen molar-refractivity contribution in [2.45, 2.75) is 12.8 Å². The van der Waals surface area contributed by atoms with Crippen molar-refractivity contribution in [1.82, 2.24) is 0 Å². The van der Waals surface area contributed by atoms with E-state index in [1.165, 1.54) is 22.3 Å². The molecule has 0 atom stereocenters. The van der Waals surface area contributed by atoms with Crippen LogP contribution < -0.4 is 24.8 Å². The molecule has 2 aliphatic rings. The molecule has 0 nitrogen and oxygen atoms in total. The summed E-state index contributed by atoms with van der Waals surface area (Å²) in [5, 5.41) is 0.705. The summed E-state index contributed by atoms with van der Waals surface area (Å²) >= 11 is 5.91. The third kappa shape index (κ3) is 5.10. The number of hydrogen-bond acceptors (Lipinski definition) is 0. The SMILES string of the molecule is Clc1[c-]c2c(cc1)-c1ccccc1C2.[C-]1=CC=CC1.[Cl-].[Cl-].[Zr+4]. The zero-order chi connectivity index (χ0) is 13.1. The van der Waals surface area contributed by atoms with Gasteiger partial charge in [0, 0.05) is 0 Å². The van der Waals surface area contributed by atoms with Gasteiger partial charge in [-0.2, -0.15) is 24.3 Å². The van der Waals surface area contributed by atoms with Crippen LogP contribution in [0.5, 0.6) is 0 Å². The maximum absolute atomic E-state index is 5.91. The van der Waals surface area contributed by atoms with Crippen LogP contribution in [0.3, 0.4) is 0 Å². The third-order valence-electron chi connectivity index (χ3n) is 3.25. The van der Waals surface area contributed by atoms with Crippen LogP contribution in [0, 0.1) is 12.1 Å². The minimum Gasteiger partial charge on any atom is -1.00 e. The molecule has 0 saturated carbocycles. The smallest absolute Gasteiger partial charge is 1.00 e. The first-order valence-corrected chi connectivity index (χ1v) is 6.73. The standard InChI is InChI=1S/C13H8Cl.C5H5.2ClH.Zr/c14-11-5-6-13-10(8-11)7-9-3-1-2-4-12(9)13;1-2-4-5-3-1;;;/h1-6H,7H2;1-3H,4H2;2*1H;/q2*-1;;;+4/p-2. The Hall–Kier alpha value is -0.327. The van der Waals surface area contributed by atoms with Crippen LogP contribution >= 0.6 is 11.6 Å². The fraction of sp³-hybridized carbons (Fsp3) is 0.111. The second-order valence-electron chi connectivity index (χ2n) is 4.54. The summed E-state index contributed by atoms with van der Waals surface area (Å²) < 4.78 is 0. The fourth-order valence-corrected chi connectivity index (χ4v) is 2.55. The molecule has 110 valence electrons. The van der Waals surface area contributed by atoms with Crippen molar-refractivity contribution in [3.63, 3.8) is 0 Å². The molecule has 2 aromatic rings. The van der Waals surface area contributed by atoms with Crippen molar-refractivity contribution in [1.29, 1.82) is 0 Å². The van der Waals surface area contributed by atoms with Gasteiger partial charge in [0.1, 0.15) is 0 Å². The molecule has 0 N–H and O–H groups in total. The minimum absolute atomic E-state index is 0. The molecule has 0 aromatic heterocycles. The summed E-state index contributed by atoms with van der Waals surface area (Å²) in [5.74, 6) is 0. The fourth-order valence-electron chi connectivity index (χ4n) is 2.37. The van der Waals surface area contributed by atoms with Crippen molar-refractivity contribution in [2.75, 3.05) is 0 Å². The van der Waals surface area contributed by atoms with Gasteiger partial charge in [-0.1, -0.05) is 40.4 Å². The zero-order valence-corrected chi connectivity index (χ0v) is 16.5. The molecular weight excluding hydrogens is 414 g/mol. The van der Waals surface area contributed by atoms with E-state index in [2.05, 4.69) is 48.6 Å². The summed E-state index contributed by atoms with van der Waals surface area (Å²) in [6, 6.07) is 15.7.